The maximum Gasteiger partial charge on any atom is 0.142 e. The van der Waals surface area contributed by atoms with Gasteiger partial charge in [0.25, 0.3) is 0 Å². The van der Waals surface area contributed by atoms with Crippen LogP contribution in [-0.4, -0.2) is 18.1 Å². The molecule has 0 bridgehead atoms. The Labute approximate surface area is 134 Å². The van der Waals surface area contributed by atoms with Gasteiger partial charge in [-0.15, -0.1) is 0 Å². The second-order valence-corrected chi connectivity index (χ2v) is 5.86. The molecule has 3 nitrogen and oxygen atoms in total. The molecule has 1 aromatic carbocycles. The normalized spacial score (nSPS) is 17.1. The van der Waals surface area contributed by atoms with E-state index < -0.39 is 0 Å². The van der Waals surface area contributed by atoms with Gasteiger partial charge < -0.3 is 10.1 Å². The summed E-state index contributed by atoms with van der Waals surface area (Å²) < 4.78 is 5.66. The third-order valence-corrected chi connectivity index (χ3v) is 4.06. The maximum atomic E-state index is 6.20. The summed E-state index contributed by atoms with van der Waals surface area (Å²) in [7, 11) is 0. The van der Waals surface area contributed by atoms with Crippen LogP contribution in [0.2, 0.25) is 10.0 Å². The molecule has 0 spiro atoms. The van der Waals surface area contributed by atoms with E-state index in [0.717, 1.165) is 36.4 Å². The predicted octanol–water partition coefficient (Wildman–Crippen LogP) is 4.04. The lowest BCUT2D eigenvalue weighted by atomic mass is 10.0. The molecule has 5 heteroatoms. The molecule has 0 amide bonds. The summed E-state index contributed by atoms with van der Waals surface area (Å²) in [5.74, 6) is 0.752. The Bertz CT molecular complexity index is 619. The molecular weight excluding hydrogens is 307 g/mol. The van der Waals surface area contributed by atoms with Crippen LogP contribution in [0.25, 0.3) is 0 Å². The Morgan fingerprint density at radius 1 is 1.29 bits per heavy atom. The van der Waals surface area contributed by atoms with Gasteiger partial charge in [0.05, 0.1) is 11.6 Å². The van der Waals surface area contributed by atoms with Crippen molar-refractivity contribution in [2.75, 3.05) is 13.2 Å². The molecule has 0 aliphatic carbocycles. The number of pyridine rings is 1. The fraction of sp³-hybridized carbons (Fsp3) is 0.312. The van der Waals surface area contributed by atoms with E-state index in [1.54, 1.807) is 6.07 Å². The van der Waals surface area contributed by atoms with Crippen LogP contribution in [0.4, 0.5) is 0 Å². The molecular formula is C16H16Cl2N2O. The molecule has 21 heavy (non-hydrogen) atoms. The summed E-state index contributed by atoms with van der Waals surface area (Å²) in [6.45, 7) is 1.51. The highest BCUT2D eigenvalue weighted by Gasteiger charge is 2.23. The Morgan fingerprint density at radius 2 is 2.19 bits per heavy atom. The first-order valence-electron chi connectivity index (χ1n) is 6.99. The average Bonchev–Trinajstić information content (AvgIpc) is 2.49. The van der Waals surface area contributed by atoms with Crippen molar-refractivity contribution in [3.05, 3.63) is 57.8 Å². The molecule has 0 saturated heterocycles. The van der Waals surface area contributed by atoms with Crippen LogP contribution >= 0.6 is 23.2 Å². The molecule has 3 rings (SSSR count). The van der Waals surface area contributed by atoms with Gasteiger partial charge in [-0.05, 0) is 24.3 Å². The molecule has 0 radical (unpaired) electrons. The smallest absolute Gasteiger partial charge is 0.142 e. The van der Waals surface area contributed by atoms with E-state index in [4.69, 9.17) is 27.9 Å². The number of rotatable bonds is 4. The molecule has 1 atom stereocenters. The molecule has 1 aliphatic rings. The van der Waals surface area contributed by atoms with E-state index in [2.05, 4.69) is 10.3 Å². The number of hydrogen-bond acceptors (Lipinski definition) is 3. The Morgan fingerprint density at radius 3 is 3.00 bits per heavy atom. The van der Waals surface area contributed by atoms with Crippen LogP contribution < -0.4 is 10.1 Å². The summed E-state index contributed by atoms with van der Waals surface area (Å²) >= 11 is 12.3. The number of aromatic nitrogens is 1. The average molecular weight is 323 g/mol. The standard InChI is InChI=1S/C16H16Cl2N2O/c17-11-9-13-15(5-8-21-16(13)14(18)10-11)20-7-4-12-3-1-2-6-19-12/h1-3,6,9-10,15,20H,4-5,7-8H2. The third kappa shape index (κ3) is 3.49. The SMILES string of the molecule is Clc1cc(Cl)c2c(c1)C(NCCc1ccccn1)CCO2. The monoisotopic (exact) mass is 322 g/mol. The second kappa shape index (κ2) is 6.65. The van der Waals surface area contributed by atoms with E-state index in [0.29, 0.717) is 16.7 Å². The lowest BCUT2D eigenvalue weighted by Crippen LogP contribution is -2.29. The third-order valence-electron chi connectivity index (χ3n) is 3.56. The number of halogens is 2. The molecule has 1 N–H and O–H groups in total. The highest BCUT2D eigenvalue weighted by molar-refractivity contribution is 6.35. The van der Waals surface area contributed by atoms with E-state index >= 15 is 0 Å². The number of ether oxygens (including phenoxy) is 1. The first-order chi connectivity index (χ1) is 10.2. The van der Waals surface area contributed by atoms with Crippen molar-refractivity contribution in [2.45, 2.75) is 18.9 Å². The van der Waals surface area contributed by atoms with Crippen molar-refractivity contribution < 1.29 is 4.74 Å². The highest BCUT2D eigenvalue weighted by atomic mass is 35.5. The maximum absolute atomic E-state index is 6.20. The van der Waals surface area contributed by atoms with Crippen LogP contribution in [0.5, 0.6) is 5.75 Å². The summed E-state index contributed by atoms with van der Waals surface area (Å²) in [5, 5.41) is 4.76. The minimum Gasteiger partial charge on any atom is -0.492 e. The molecule has 2 aromatic rings. The molecule has 0 fully saturated rings. The highest BCUT2D eigenvalue weighted by Crippen LogP contribution is 2.39. The minimum atomic E-state index is 0.216. The number of fused-ring (bicyclic) bond motifs is 1. The van der Waals surface area contributed by atoms with E-state index in [9.17, 15) is 0 Å². The molecule has 110 valence electrons. The van der Waals surface area contributed by atoms with Gasteiger partial charge in [-0.2, -0.15) is 0 Å². The lowest BCUT2D eigenvalue weighted by molar-refractivity contribution is 0.253. The molecule has 1 unspecified atom stereocenters. The van der Waals surface area contributed by atoms with Crippen LogP contribution in [0.1, 0.15) is 23.7 Å². The van der Waals surface area contributed by atoms with Gasteiger partial charge in [0.1, 0.15) is 5.75 Å². The van der Waals surface area contributed by atoms with E-state index in [-0.39, 0.29) is 6.04 Å². The van der Waals surface area contributed by atoms with Crippen LogP contribution in [-0.2, 0) is 6.42 Å². The van der Waals surface area contributed by atoms with Crippen molar-refractivity contribution >= 4 is 23.2 Å². The summed E-state index contributed by atoms with van der Waals surface area (Å²) in [5.41, 5.74) is 2.13. The van der Waals surface area contributed by atoms with Gasteiger partial charge in [0.15, 0.2) is 0 Å². The largest absolute Gasteiger partial charge is 0.492 e. The van der Waals surface area contributed by atoms with Crippen molar-refractivity contribution in [1.82, 2.24) is 10.3 Å². The van der Waals surface area contributed by atoms with Crippen molar-refractivity contribution in [1.29, 1.82) is 0 Å². The predicted molar refractivity (Wildman–Crippen MR) is 85.3 cm³/mol. The van der Waals surface area contributed by atoms with E-state index in [1.165, 1.54) is 0 Å². The summed E-state index contributed by atoms with van der Waals surface area (Å²) in [6.07, 6.45) is 3.62. The van der Waals surface area contributed by atoms with Crippen LogP contribution in [0.3, 0.4) is 0 Å². The van der Waals surface area contributed by atoms with Crippen molar-refractivity contribution in [2.24, 2.45) is 0 Å². The van der Waals surface area contributed by atoms with Crippen LogP contribution in [0, 0.1) is 0 Å². The quantitative estimate of drug-likeness (QED) is 0.922. The van der Waals surface area contributed by atoms with Crippen molar-refractivity contribution in [3.8, 4) is 5.75 Å². The number of benzene rings is 1. The minimum absolute atomic E-state index is 0.216. The Kier molecular flexibility index (Phi) is 4.63. The summed E-state index contributed by atoms with van der Waals surface area (Å²) in [4.78, 5) is 4.33. The zero-order valence-corrected chi connectivity index (χ0v) is 13.0. The number of nitrogens with one attached hydrogen (secondary N) is 1. The van der Waals surface area contributed by atoms with Gasteiger partial charge in [-0.25, -0.2) is 0 Å². The van der Waals surface area contributed by atoms with Gasteiger partial charge in [0.2, 0.25) is 0 Å². The molecule has 2 heterocycles. The van der Waals surface area contributed by atoms with Crippen molar-refractivity contribution in [3.63, 3.8) is 0 Å². The molecule has 1 aromatic heterocycles. The number of hydrogen-bond donors (Lipinski definition) is 1. The van der Waals surface area contributed by atoms with Crippen LogP contribution in [0.15, 0.2) is 36.5 Å². The second-order valence-electron chi connectivity index (χ2n) is 5.02. The fourth-order valence-corrected chi connectivity index (χ4v) is 3.12. The lowest BCUT2D eigenvalue weighted by Gasteiger charge is -2.27. The topological polar surface area (TPSA) is 34.2 Å². The Balaban J connectivity index is 1.68. The summed E-state index contributed by atoms with van der Waals surface area (Å²) in [6, 6.07) is 9.83. The van der Waals surface area contributed by atoms with Gasteiger partial charge in [0, 0.05) is 47.9 Å². The number of nitrogens with zero attached hydrogens (tertiary/aromatic N) is 1. The Hall–Kier alpha value is -1.29. The zero-order chi connectivity index (χ0) is 14.7. The van der Waals surface area contributed by atoms with E-state index in [1.807, 2.05) is 30.5 Å². The molecule has 1 aliphatic heterocycles. The first-order valence-corrected chi connectivity index (χ1v) is 7.74. The zero-order valence-electron chi connectivity index (χ0n) is 11.5. The van der Waals surface area contributed by atoms with Gasteiger partial charge in [-0.3, -0.25) is 4.98 Å². The molecule has 0 saturated carbocycles. The first kappa shape index (κ1) is 14.6. The van der Waals surface area contributed by atoms with Gasteiger partial charge >= 0.3 is 0 Å². The van der Waals surface area contributed by atoms with Gasteiger partial charge in [-0.1, -0.05) is 29.3 Å². The fourth-order valence-electron chi connectivity index (χ4n) is 2.56.